The van der Waals surface area contributed by atoms with Gasteiger partial charge in [-0.15, -0.1) is 0 Å². The Labute approximate surface area is 204 Å². The van der Waals surface area contributed by atoms with Crippen molar-refractivity contribution in [3.05, 3.63) is 89.5 Å². The minimum absolute atomic E-state index is 0.183. The first-order valence-electron chi connectivity index (χ1n) is 10.5. The standard InChI is InChI=1S/C25H21F3N4O4/c1-16-5-9-19(10-6-16)30-22(33)15-36-21-11-7-17(8-12-21)14-29-32-24(35)23(34)31-20-4-2-3-18(13-20)25(26,27)28/h2-14H,15H2,1H3,(H,30,33)(H,31,34)(H,32,35). The first-order chi connectivity index (χ1) is 17.1. The summed E-state index contributed by atoms with van der Waals surface area (Å²) in [7, 11) is 0. The maximum absolute atomic E-state index is 12.7. The fourth-order valence-corrected chi connectivity index (χ4v) is 2.81. The Kier molecular flexibility index (Phi) is 8.39. The summed E-state index contributed by atoms with van der Waals surface area (Å²) in [4.78, 5) is 35.7. The van der Waals surface area contributed by atoms with E-state index in [1.165, 1.54) is 12.3 Å². The second kappa shape index (κ2) is 11.6. The second-order valence-electron chi connectivity index (χ2n) is 7.50. The van der Waals surface area contributed by atoms with Crippen LogP contribution in [0.4, 0.5) is 24.5 Å². The zero-order chi connectivity index (χ0) is 26.1. The molecule has 3 aromatic carbocycles. The van der Waals surface area contributed by atoms with E-state index in [2.05, 4.69) is 15.7 Å². The molecule has 186 valence electrons. The van der Waals surface area contributed by atoms with Gasteiger partial charge in [-0.25, -0.2) is 5.43 Å². The van der Waals surface area contributed by atoms with Crippen LogP contribution in [0.3, 0.4) is 0 Å². The molecule has 3 aromatic rings. The van der Waals surface area contributed by atoms with E-state index in [0.717, 1.165) is 17.7 Å². The van der Waals surface area contributed by atoms with Crippen molar-refractivity contribution in [2.75, 3.05) is 17.2 Å². The van der Waals surface area contributed by atoms with E-state index in [1.807, 2.05) is 24.5 Å². The van der Waals surface area contributed by atoms with Gasteiger partial charge in [-0.1, -0.05) is 23.8 Å². The van der Waals surface area contributed by atoms with Gasteiger partial charge in [0.15, 0.2) is 6.61 Å². The first-order valence-corrected chi connectivity index (χ1v) is 10.5. The number of nitrogens with one attached hydrogen (secondary N) is 3. The average molecular weight is 498 g/mol. The largest absolute Gasteiger partial charge is 0.484 e. The molecule has 0 bridgehead atoms. The van der Waals surface area contributed by atoms with Crippen molar-refractivity contribution in [3.63, 3.8) is 0 Å². The lowest BCUT2D eigenvalue weighted by atomic mass is 10.2. The number of anilines is 2. The predicted molar refractivity (Wildman–Crippen MR) is 128 cm³/mol. The molecule has 0 saturated heterocycles. The minimum Gasteiger partial charge on any atom is -0.484 e. The minimum atomic E-state index is -4.58. The van der Waals surface area contributed by atoms with Crippen LogP contribution in [-0.4, -0.2) is 30.5 Å². The number of hydrogen-bond acceptors (Lipinski definition) is 5. The van der Waals surface area contributed by atoms with Crippen molar-refractivity contribution >= 4 is 35.3 Å². The third-order valence-electron chi connectivity index (χ3n) is 4.62. The number of carbonyl (C=O) groups is 3. The van der Waals surface area contributed by atoms with Crippen LogP contribution in [0.1, 0.15) is 16.7 Å². The van der Waals surface area contributed by atoms with Crippen LogP contribution in [0.5, 0.6) is 5.75 Å². The summed E-state index contributed by atoms with van der Waals surface area (Å²) in [6.07, 6.45) is -3.33. The van der Waals surface area contributed by atoms with Crippen molar-refractivity contribution in [3.8, 4) is 5.75 Å². The van der Waals surface area contributed by atoms with Gasteiger partial charge >= 0.3 is 18.0 Å². The zero-order valence-corrected chi connectivity index (χ0v) is 18.9. The van der Waals surface area contributed by atoms with Gasteiger partial charge in [-0.3, -0.25) is 14.4 Å². The Morgan fingerprint density at radius 3 is 2.25 bits per heavy atom. The lowest BCUT2D eigenvalue weighted by Crippen LogP contribution is -2.32. The van der Waals surface area contributed by atoms with E-state index in [0.29, 0.717) is 23.1 Å². The quantitative estimate of drug-likeness (QED) is 0.259. The number of benzene rings is 3. The third kappa shape index (κ3) is 7.97. The van der Waals surface area contributed by atoms with E-state index in [-0.39, 0.29) is 18.2 Å². The molecular weight excluding hydrogens is 477 g/mol. The number of hydrazone groups is 1. The Morgan fingerprint density at radius 1 is 0.889 bits per heavy atom. The monoisotopic (exact) mass is 498 g/mol. The highest BCUT2D eigenvalue weighted by Gasteiger charge is 2.30. The van der Waals surface area contributed by atoms with Crippen LogP contribution >= 0.6 is 0 Å². The molecule has 0 aliphatic carbocycles. The Bertz CT molecular complexity index is 1260. The molecule has 0 aromatic heterocycles. The van der Waals surface area contributed by atoms with Crippen molar-refractivity contribution in [2.45, 2.75) is 13.1 Å². The number of halogens is 3. The molecule has 3 N–H and O–H groups in total. The van der Waals surface area contributed by atoms with Crippen LogP contribution in [-0.2, 0) is 20.6 Å². The van der Waals surface area contributed by atoms with Crippen LogP contribution < -0.4 is 20.8 Å². The first kappa shape index (κ1) is 25.9. The molecule has 3 amide bonds. The number of carbonyl (C=O) groups excluding carboxylic acids is 3. The maximum atomic E-state index is 12.7. The molecule has 36 heavy (non-hydrogen) atoms. The summed E-state index contributed by atoms with van der Waals surface area (Å²) in [6, 6.07) is 17.6. The van der Waals surface area contributed by atoms with Crippen LogP contribution in [0.25, 0.3) is 0 Å². The van der Waals surface area contributed by atoms with Gasteiger partial charge in [0, 0.05) is 11.4 Å². The number of amides is 3. The molecule has 11 heteroatoms. The predicted octanol–water partition coefficient (Wildman–Crippen LogP) is 4.12. The van der Waals surface area contributed by atoms with Crippen molar-refractivity contribution in [2.24, 2.45) is 5.10 Å². The fourth-order valence-electron chi connectivity index (χ4n) is 2.81. The maximum Gasteiger partial charge on any atom is 0.416 e. The van der Waals surface area contributed by atoms with Gasteiger partial charge in [0.2, 0.25) is 0 Å². The van der Waals surface area contributed by atoms with Crippen LogP contribution in [0.15, 0.2) is 77.9 Å². The summed E-state index contributed by atoms with van der Waals surface area (Å²) in [5.41, 5.74) is 3.13. The average Bonchev–Trinajstić information content (AvgIpc) is 2.84. The Hall–Kier alpha value is -4.67. The molecule has 0 aliphatic rings. The summed E-state index contributed by atoms with van der Waals surface area (Å²) in [6.45, 7) is 1.75. The molecule has 0 saturated carbocycles. The number of aryl methyl sites for hydroxylation is 1. The molecule has 0 aliphatic heterocycles. The zero-order valence-electron chi connectivity index (χ0n) is 18.9. The third-order valence-corrected chi connectivity index (χ3v) is 4.62. The number of hydrogen-bond donors (Lipinski definition) is 3. The summed E-state index contributed by atoms with van der Waals surface area (Å²) in [5.74, 6) is -2.24. The number of ether oxygens (including phenoxy) is 1. The molecule has 0 atom stereocenters. The smallest absolute Gasteiger partial charge is 0.416 e. The lowest BCUT2D eigenvalue weighted by molar-refractivity contribution is -0.137. The molecule has 0 fully saturated rings. The Balaban J connectivity index is 1.44. The topological polar surface area (TPSA) is 109 Å². The summed E-state index contributed by atoms with van der Waals surface area (Å²) >= 11 is 0. The number of nitrogens with zero attached hydrogens (tertiary/aromatic N) is 1. The van der Waals surface area contributed by atoms with Gasteiger partial charge in [0.1, 0.15) is 5.75 Å². The highest BCUT2D eigenvalue weighted by Crippen LogP contribution is 2.30. The van der Waals surface area contributed by atoms with E-state index >= 15 is 0 Å². The summed E-state index contributed by atoms with van der Waals surface area (Å²) < 4.78 is 43.7. The van der Waals surface area contributed by atoms with Gasteiger partial charge in [-0.05, 0) is 67.1 Å². The highest BCUT2D eigenvalue weighted by molar-refractivity contribution is 6.39. The van der Waals surface area contributed by atoms with Gasteiger partial charge < -0.3 is 15.4 Å². The van der Waals surface area contributed by atoms with Crippen LogP contribution in [0, 0.1) is 6.92 Å². The molecule has 0 radical (unpaired) electrons. The fraction of sp³-hybridized carbons (Fsp3) is 0.120. The molecular formula is C25H21F3N4O4. The van der Waals surface area contributed by atoms with E-state index < -0.39 is 23.6 Å². The molecule has 0 unspecified atom stereocenters. The van der Waals surface area contributed by atoms with Crippen molar-refractivity contribution < 1.29 is 32.3 Å². The van der Waals surface area contributed by atoms with Crippen LogP contribution in [0.2, 0.25) is 0 Å². The molecule has 0 heterocycles. The van der Waals surface area contributed by atoms with E-state index in [9.17, 15) is 27.6 Å². The van der Waals surface area contributed by atoms with Gasteiger partial charge in [0.25, 0.3) is 5.91 Å². The molecule has 0 spiro atoms. The molecule has 3 rings (SSSR count). The van der Waals surface area contributed by atoms with Gasteiger partial charge in [-0.2, -0.15) is 18.3 Å². The highest BCUT2D eigenvalue weighted by atomic mass is 19.4. The molecule has 8 nitrogen and oxygen atoms in total. The SMILES string of the molecule is Cc1ccc(NC(=O)COc2ccc(C=NNC(=O)C(=O)Nc3cccc(C(F)(F)F)c3)cc2)cc1. The normalized spacial score (nSPS) is 11.1. The van der Waals surface area contributed by atoms with Crippen molar-refractivity contribution in [1.29, 1.82) is 0 Å². The lowest BCUT2D eigenvalue weighted by Gasteiger charge is -2.09. The number of rotatable bonds is 7. The van der Waals surface area contributed by atoms with E-state index in [1.54, 1.807) is 36.4 Å². The second-order valence-corrected chi connectivity index (χ2v) is 7.50. The Morgan fingerprint density at radius 2 is 1.58 bits per heavy atom. The number of alkyl halides is 3. The summed E-state index contributed by atoms with van der Waals surface area (Å²) in [5, 5.41) is 8.44. The van der Waals surface area contributed by atoms with Crippen molar-refractivity contribution in [1.82, 2.24) is 5.43 Å². The van der Waals surface area contributed by atoms with E-state index in [4.69, 9.17) is 4.74 Å². The van der Waals surface area contributed by atoms with Gasteiger partial charge in [0.05, 0.1) is 11.8 Å².